The van der Waals surface area contributed by atoms with Crippen LogP contribution in [0, 0.1) is 0 Å². The molecule has 2 aromatic rings. The summed E-state index contributed by atoms with van der Waals surface area (Å²) in [4.78, 5) is 21.0. The number of ether oxygens (including phenoxy) is 1. The highest BCUT2D eigenvalue weighted by Gasteiger charge is 2.30. The Morgan fingerprint density at radius 3 is 2.85 bits per heavy atom. The van der Waals surface area contributed by atoms with Gasteiger partial charge in [0, 0.05) is 56.8 Å². The van der Waals surface area contributed by atoms with Crippen LogP contribution < -0.4 is 4.74 Å². The number of hydrogen-bond acceptors (Lipinski definition) is 5. The van der Waals surface area contributed by atoms with Crippen LogP contribution in [0.1, 0.15) is 29.3 Å². The molecule has 0 aliphatic carbocycles. The Morgan fingerprint density at radius 1 is 1.26 bits per heavy atom. The standard InChI is InChI=1S/C21H27N3O3/c1-2-27-20-8-4-3-6-18(20)15-23-11-12-24(16-19(23)9-13-25)21(26)17-7-5-10-22-14-17/h3-8,10,14,19,25H,2,9,11-13,15-16H2,1H3. The lowest BCUT2D eigenvalue weighted by atomic mass is 10.1. The molecular formula is C21H27N3O3. The second-order valence-corrected chi connectivity index (χ2v) is 6.67. The topological polar surface area (TPSA) is 65.9 Å². The van der Waals surface area contributed by atoms with E-state index in [1.165, 1.54) is 0 Å². The average Bonchev–Trinajstić information content (AvgIpc) is 2.71. The molecule has 1 aliphatic heterocycles. The van der Waals surface area contributed by atoms with Crippen LogP contribution in [0.15, 0.2) is 48.8 Å². The quantitative estimate of drug-likeness (QED) is 0.810. The predicted molar refractivity (Wildman–Crippen MR) is 104 cm³/mol. The first-order valence-electron chi connectivity index (χ1n) is 9.47. The predicted octanol–water partition coefficient (Wildman–Crippen LogP) is 2.19. The van der Waals surface area contributed by atoms with E-state index < -0.39 is 0 Å². The van der Waals surface area contributed by atoms with Crippen LogP contribution in [0.4, 0.5) is 0 Å². The number of rotatable bonds is 7. The maximum absolute atomic E-state index is 12.7. The van der Waals surface area contributed by atoms with E-state index in [1.807, 2.05) is 30.0 Å². The first-order valence-corrected chi connectivity index (χ1v) is 9.47. The summed E-state index contributed by atoms with van der Waals surface area (Å²) in [5.41, 5.74) is 1.74. The molecule has 1 amide bonds. The Morgan fingerprint density at radius 2 is 2.11 bits per heavy atom. The number of carbonyl (C=O) groups excluding carboxylic acids is 1. The number of aliphatic hydroxyl groups is 1. The van der Waals surface area contributed by atoms with Crippen LogP contribution in [0.5, 0.6) is 5.75 Å². The van der Waals surface area contributed by atoms with E-state index >= 15 is 0 Å². The lowest BCUT2D eigenvalue weighted by Crippen LogP contribution is -2.54. The lowest BCUT2D eigenvalue weighted by Gasteiger charge is -2.41. The van der Waals surface area contributed by atoms with E-state index in [0.717, 1.165) is 24.4 Å². The molecule has 27 heavy (non-hydrogen) atoms. The Balaban J connectivity index is 1.70. The minimum absolute atomic E-state index is 0.000376. The van der Waals surface area contributed by atoms with Crippen LogP contribution in [0.25, 0.3) is 0 Å². The van der Waals surface area contributed by atoms with Gasteiger partial charge in [0.25, 0.3) is 5.91 Å². The highest BCUT2D eigenvalue weighted by molar-refractivity contribution is 5.94. The summed E-state index contributed by atoms with van der Waals surface area (Å²) in [5, 5.41) is 9.52. The van der Waals surface area contributed by atoms with Crippen molar-refractivity contribution in [1.82, 2.24) is 14.8 Å². The number of piperazine rings is 1. The van der Waals surface area contributed by atoms with Crippen LogP contribution in [0.2, 0.25) is 0 Å². The summed E-state index contributed by atoms with van der Waals surface area (Å²) in [6.07, 6.45) is 3.90. The fourth-order valence-electron chi connectivity index (χ4n) is 3.53. The molecule has 144 valence electrons. The van der Waals surface area contributed by atoms with Gasteiger partial charge in [-0.1, -0.05) is 18.2 Å². The van der Waals surface area contributed by atoms with Crippen molar-refractivity contribution in [3.8, 4) is 5.75 Å². The summed E-state index contributed by atoms with van der Waals surface area (Å²) in [5.74, 6) is 0.900. The van der Waals surface area contributed by atoms with Crippen molar-refractivity contribution in [2.75, 3.05) is 32.8 Å². The zero-order valence-corrected chi connectivity index (χ0v) is 15.8. The van der Waals surface area contributed by atoms with Gasteiger partial charge in [-0.3, -0.25) is 14.7 Å². The van der Waals surface area contributed by atoms with Gasteiger partial charge >= 0.3 is 0 Å². The fourth-order valence-corrected chi connectivity index (χ4v) is 3.53. The molecule has 1 fully saturated rings. The van der Waals surface area contributed by atoms with Gasteiger partial charge in [-0.05, 0) is 31.5 Å². The van der Waals surface area contributed by atoms with Gasteiger partial charge < -0.3 is 14.7 Å². The fraction of sp³-hybridized carbons (Fsp3) is 0.429. The number of pyridine rings is 1. The van der Waals surface area contributed by atoms with Gasteiger partial charge in [-0.15, -0.1) is 0 Å². The summed E-state index contributed by atoms with van der Waals surface area (Å²) in [6, 6.07) is 11.7. The lowest BCUT2D eigenvalue weighted by molar-refractivity contribution is 0.0392. The molecule has 1 aromatic heterocycles. The van der Waals surface area contributed by atoms with E-state index in [2.05, 4.69) is 16.0 Å². The van der Waals surface area contributed by atoms with Crippen LogP contribution in [-0.2, 0) is 6.54 Å². The zero-order chi connectivity index (χ0) is 19.1. The molecule has 3 rings (SSSR count). The molecule has 0 spiro atoms. The Labute approximate surface area is 160 Å². The molecule has 0 saturated carbocycles. The zero-order valence-electron chi connectivity index (χ0n) is 15.8. The van der Waals surface area contributed by atoms with Gasteiger partial charge in [-0.2, -0.15) is 0 Å². The molecule has 6 heteroatoms. The van der Waals surface area contributed by atoms with E-state index in [4.69, 9.17) is 4.74 Å². The molecular weight excluding hydrogens is 342 g/mol. The van der Waals surface area contributed by atoms with Crippen LogP contribution >= 0.6 is 0 Å². The monoisotopic (exact) mass is 369 g/mol. The molecule has 2 heterocycles. The molecule has 0 radical (unpaired) electrons. The number of aromatic nitrogens is 1. The molecule has 6 nitrogen and oxygen atoms in total. The summed E-state index contributed by atoms with van der Waals surface area (Å²) in [6.45, 7) is 5.48. The number of benzene rings is 1. The van der Waals surface area contributed by atoms with Crippen molar-refractivity contribution in [1.29, 1.82) is 0 Å². The number of carbonyl (C=O) groups is 1. The van der Waals surface area contributed by atoms with Gasteiger partial charge in [0.15, 0.2) is 0 Å². The maximum atomic E-state index is 12.7. The van der Waals surface area contributed by atoms with E-state index in [-0.39, 0.29) is 18.6 Å². The molecule has 1 atom stereocenters. The van der Waals surface area contributed by atoms with Gasteiger partial charge in [0.1, 0.15) is 5.75 Å². The summed E-state index contributed by atoms with van der Waals surface area (Å²) < 4.78 is 5.74. The summed E-state index contributed by atoms with van der Waals surface area (Å²) >= 11 is 0. The number of hydrogen-bond donors (Lipinski definition) is 1. The minimum atomic E-state index is 0.000376. The largest absolute Gasteiger partial charge is 0.494 e. The highest BCUT2D eigenvalue weighted by Crippen LogP contribution is 2.24. The maximum Gasteiger partial charge on any atom is 0.255 e. The SMILES string of the molecule is CCOc1ccccc1CN1CCN(C(=O)c2cccnc2)CC1CCO. The average molecular weight is 369 g/mol. The first-order chi connectivity index (χ1) is 13.2. The Hall–Kier alpha value is -2.44. The number of nitrogens with zero attached hydrogens (tertiary/aromatic N) is 3. The van der Waals surface area contributed by atoms with Gasteiger partial charge in [0.2, 0.25) is 0 Å². The number of para-hydroxylation sites is 1. The molecule has 1 N–H and O–H groups in total. The molecule has 1 aromatic carbocycles. The third-order valence-electron chi connectivity index (χ3n) is 4.91. The minimum Gasteiger partial charge on any atom is -0.494 e. The van der Waals surface area contributed by atoms with Crippen LogP contribution in [0.3, 0.4) is 0 Å². The second kappa shape index (κ2) is 9.48. The van der Waals surface area contributed by atoms with E-state index in [0.29, 0.717) is 31.7 Å². The van der Waals surface area contributed by atoms with Crippen molar-refractivity contribution in [3.05, 3.63) is 59.9 Å². The van der Waals surface area contributed by atoms with Gasteiger partial charge in [0.05, 0.1) is 12.2 Å². The Kier molecular flexibility index (Phi) is 6.79. The van der Waals surface area contributed by atoms with Crippen molar-refractivity contribution in [2.24, 2.45) is 0 Å². The van der Waals surface area contributed by atoms with Crippen molar-refractivity contribution in [2.45, 2.75) is 25.9 Å². The highest BCUT2D eigenvalue weighted by atomic mass is 16.5. The third kappa shape index (κ3) is 4.84. The molecule has 1 aliphatic rings. The van der Waals surface area contributed by atoms with E-state index in [1.54, 1.807) is 24.5 Å². The molecule has 0 bridgehead atoms. The third-order valence-corrected chi connectivity index (χ3v) is 4.91. The molecule has 1 unspecified atom stereocenters. The Bertz CT molecular complexity index is 738. The summed E-state index contributed by atoms with van der Waals surface area (Å²) in [7, 11) is 0. The number of aliphatic hydroxyl groups excluding tert-OH is 1. The van der Waals surface area contributed by atoms with Gasteiger partial charge in [-0.25, -0.2) is 0 Å². The first kappa shape index (κ1) is 19.3. The number of amides is 1. The normalized spacial score (nSPS) is 17.7. The van der Waals surface area contributed by atoms with Crippen molar-refractivity contribution in [3.63, 3.8) is 0 Å². The van der Waals surface area contributed by atoms with Crippen molar-refractivity contribution < 1.29 is 14.6 Å². The second-order valence-electron chi connectivity index (χ2n) is 6.67. The van der Waals surface area contributed by atoms with E-state index in [9.17, 15) is 9.90 Å². The smallest absolute Gasteiger partial charge is 0.255 e. The van der Waals surface area contributed by atoms with Crippen LogP contribution in [-0.4, -0.2) is 64.7 Å². The molecule has 1 saturated heterocycles. The van der Waals surface area contributed by atoms with Crippen molar-refractivity contribution >= 4 is 5.91 Å².